The number of aromatic nitrogens is 3. The lowest BCUT2D eigenvalue weighted by molar-refractivity contribution is -0.345. The first-order chi connectivity index (χ1) is 21.3. The van der Waals surface area contributed by atoms with Crippen molar-refractivity contribution in [1.82, 2.24) is 14.9 Å². The monoisotopic (exact) mass is 634 g/mol. The van der Waals surface area contributed by atoms with Crippen LogP contribution in [0.1, 0.15) is 63.3 Å². The van der Waals surface area contributed by atoms with Crippen molar-refractivity contribution in [2.75, 3.05) is 30.3 Å². The second-order valence-electron chi connectivity index (χ2n) is 12.4. The molecule has 3 heterocycles. The van der Waals surface area contributed by atoms with E-state index in [1.165, 1.54) is 5.56 Å². The topological polar surface area (TPSA) is 157 Å². The van der Waals surface area contributed by atoms with Crippen molar-refractivity contribution in [2.24, 2.45) is 5.73 Å². The maximum absolute atomic E-state index is 13.2. The standard InChI is InChI=1S/C33H43N7O4S/c1-19(2)44-28-17-24(23-11-13-40(14-12-23)18-30(34)41)21(5)15-27(28)37-33-38-31-25(16-22(6)35-31)32(39-33)36-26-9-7-8-10-29(26)45(42,43)20(3)4/h7-10,15-17,19-20,23H,11-14,18H2,1-6H3,(H2,34,41)(H3,35,36,37,38,39)/p+1. The van der Waals surface area contributed by atoms with Gasteiger partial charge in [-0.15, -0.1) is 0 Å². The number of nitrogens with two attached hydrogens (primary N) is 1. The number of benzene rings is 2. The van der Waals surface area contributed by atoms with Crippen molar-refractivity contribution in [3.63, 3.8) is 0 Å². The molecule has 2 aromatic carbocycles. The molecule has 12 heteroatoms. The van der Waals surface area contributed by atoms with Gasteiger partial charge in [0.05, 0.1) is 23.3 Å². The summed E-state index contributed by atoms with van der Waals surface area (Å²) in [7, 11) is -3.53. The number of aromatic amines is 2. The van der Waals surface area contributed by atoms with Gasteiger partial charge in [0.15, 0.2) is 15.6 Å². The van der Waals surface area contributed by atoms with Crippen LogP contribution in [0.4, 0.5) is 23.1 Å². The molecule has 1 saturated heterocycles. The van der Waals surface area contributed by atoms with Crippen LogP contribution in [-0.2, 0) is 14.6 Å². The third-order valence-electron chi connectivity index (χ3n) is 8.13. The van der Waals surface area contributed by atoms with Crippen molar-refractivity contribution in [3.8, 4) is 5.75 Å². The Balaban J connectivity index is 1.49. The first-order valence-corrected chi connectivity index (χ1v) is 17.0. The molecule has 1 amide bonds. The van der Waals surface area contributed by atoms with Crippen LogP contribution in [-0.4, -0.2) is 60.2 Å². The number of anilines is 4. The number of hydrogen-bond donors (Lipinski definition) is 4. The fourth-order valence-electron chi connectivity index (χ4n) is 5.89. The third kappa shape index (κ3) is 7.23. The highest BCUT2D eigenvalue weighted by molar-refractivity contribution is 7.92. The number of H-pyrrole nitrogens is 2. The van der Waals surface area contributed by atoms with Crippen LogP contribution in [0, 0.1) is 13.8 Å². The van der Waals surface area contributed by atoms with Crippen molar-refractivity contribution in [2.45, 2.75) is 76.6 Å². The minimum atomic E-state index is -3.53. The predicted molar refractivity (Wildman–Crippen MR) is 177 cm³/mol. The number of fused-ring (bicyclic) bond motifs is 1. The molecule has 1 aliphatic rings. The lowest BCUT2D eigenvalue weighted by Crippen LogP contribution is -2.39. The van der Waals surface area contributed by atoms with E-state index in [2.05, 4.69) is 44.6 Å². The molecule has 2 aromatic heterocycles. The normalized spacial score (nSPS) is 14.8. The Morgan fingerprint density at radius 3 is 2.47 bits per heavy atom. The molecule has 240 valence electrons. The Morgan fingerprint density at radius 1 is 1.09 bits per heavy atom. The van der Waals surface area contributed by atoms with Crippen LogP contribution in [0.2, 0.25) is 0 Å². The van der Waals surface area contributed by atoms with Gasteiger partial charge in [-0.2, -0.15) is 0 Å². The number of rotatable bonds is 11. The maximum Gasteiger partial charge on any atom is 0.351 e. The van der Waals surface area contributed by atoms with Gasteiger partial charge in [-0.3, -0.25) is 20.3 Å². The summed E-state index contributed by atoms with van der Waals surface area (Å²) in [5.41, 5.74) is 10.6. The van der Waals surface area contributed by atoms with Crippen molar-refractivity contribution < 1.29 is 22.9 Å². The van der Waals surface area contributed by atoms with E-state index in [1.54, 1.807) is 32.0 Å². The van der Waals surface area contributed by atoms with Crippen molar-refractivity contribution in [1.29, 1.82) is 0 Å². The number of ether oxygens (including phenoxy) is 1. The van der Waals surface area contributed by atoms with Gasteiger partial charge in [-0.1, -0.05) is 17.1 Å². The van der Waals surface area contributed by atoms with Gasteiger partial charge in [0.2, 0.25) is 17.4 Å². The molecule has 0 saturated carbocycles. The second-order valence-corrected chi connectivity index (χ2v) is 14.9. The molecule has 11 nitrogen and oxygen atoms in total. The summed E-state index contributed by atoms with van der Waals surface area (Å²) < 4.78 is 32.6. The quantitative estimate of drug-likeness (QED) is 0.177. The predicted octanol–water partition coefficient (Wildman–Crippen LogP) is 5.12. The summed E-state index contributed by atoms with van der Waals surface area (Å²) in [6, 6.07) is 13.1. The van der Waals surface area contributed by atoms with E-state index in [-0.39, 0.29) is 16.9 Å². The lowest BCUT2D eigenvalue weighted by Gasteiger charge is -2.32. The summed E-state index contributed by atoms with van der Waals surface area (Å²) in [5, 5.41) is 7.01. The van der Waals surface area contributed by atoms with Gasteiger partial charge in [-0.25, -0.2) is 13.4 Å². The van der Waals surface area contributed by atoms with Crippen LogP contribution in [0.3, 0.4) is 0 Å². The smallest absolute Gasteiger partial charge is 0.351 e. The largest absolute Gasteiger partial charge is 0.488 e. The zero-order valence-electron chi connectivity index (χ0n) is 26.8. The molecule has 0 bridgehead atoms. The number of primary amides is 1. The number of nitrogens with zero attached hydrogens (tertiary/aromatic N) is 2. The van der Waals surface area contributed by atoms with E-state index in [0.717, 1.165) is 48.3 Å². The number of amides is 1. The number of sulfone groups is 1. The molecule has 0 radical (unpaired) electrons. The number of carbonyl (C=O) groups is 1. The van der Waals surface area contributed by atoms with Crippen LogP contribution in [0.25, 0.3) is 11.0 Å². The highest BCUT2D eigenvalue weighted by atomic mass is 32.2. The maximum atomic E-state index is 13.2. The minimum absolute atomic E-state index is 0.0550. The Kier molecular flexibility index (Phi) is 9.36. The molecule has 6 N–H and O–H groups in total. The zero-order valence-corrected chi connectivity index (χ0v) is 27.6. The zero-order chi connectivity index (χ0) is 32.5. The summed E-state index contributed by atoms with van der Waals surface area (Å²) in [4.78, 5) is 25.2. The first-order valence-electron chi connectivity index (χ1n) is 15.4. The van der Waals surface area contributed by atoms with Gasteiger partial charge in [-0.05, 0) is 115 Å². The van der Waals surface area contributed by atoms with E-state index < -0.39 is 15.1 Å². The highest BCUT2D eigenvalue weighted by Gasteiger charge is 2.27. The molecule has 5 rings (SSSR count). The molecular formula is C33H44N7O4S+. The molecule has 0 unspecified atom stereocenters. The number of piperidine rings is 1. The first kappa shape index (κ1) is 32.2. The average Bonchev–Trinajstić information content (AvgIpc) is 3.35. The van der Waals surface area contributed by atoms with E-state index in [9.17, 15) is 13.2 Å². The average molecular weight is 635 g/mol. The van der Waals surface area contributed by atoms with Gasteiger partial charge in [0.1, 0.15) is 16.3 Å². The number of hydrogen-bond acceptors (Lipinski definition) is 8. The summed E-state index contributed by atoms with van der Waals surface area (Å²) in [5.74, 6) is 1.82. The summed E-state index contributed by atoms with van der Waals surface area (Å²) in [6.07, 6.45) is 1.81. The number of nitrogens with one attached hydrogen (secondary N) is 4. The van der Waals surface area contributed by atoms with Crippen LogP contribution < -0.4 is 26.1 Å². The molecule has 0 aliphatic carbocycles. The van der Waals surface area contributed by atoms with Gasteiger partial charge < -0.3 is 15.5 Å². The molecule has 4 aromatic rings. The van der Waals surface area contributed by atoms with E-state index in [0.29, 0.717) is 41.3 Å². The molecular weight excluding hydrogens is 590 g/mol. The Bertz CT molecular complexity index is 1810. The number of likely N-dealkylation sites (tertiary alicyclic amines) is 1. The molecule has 0 spiro atoms. The number of para-hydroxylation sites is 1. The highest BCUT2D eigenvalue weighted by Crippen LogP contribution is 2.38. The lowest BCUT2D eigenvalue weighted by atomic mass is 9.86. The van der Waals surface area contributed by atoms with Gasteiger partial charge in [0.25, 0.3) is 0 Å². The second kappa shape index (κ2) is 13.1. The number of aryl methyl sites for hydroxylation is 2. The van der Waals surface area contributed by atoms with Gasteiger partial charge in [0, 0.05) is 5.69 Å². The minimum Gasteiger partial charge on any atom is -0.488 e. The van der Waals surface area contributed by atoms with Crippen molar-refractivity contribution >= 4 is 49.9 Å². The molecule has 45 heavy (non-hydrogen) atoms. The summed E-state index contributed by atoms with van der Waals surface area (Å²) >= 11 is 0. The fraction of sp³-hybridized carbons (Fsp3) is 0.424. The fourth-order valence-corrected chi connectivity index (χ4v) is 7.09. The molecule has 1 aliphatic heterocycles. The Hall–Kier alpha value is -4.16. The van der Waals surface area contributed by atoms with E-state index >= 15 is 0 Å². The Labute approximate surface area is 264 Å². The SMILES string of the molecule is Cc1cc2c(Nc3ccccc3S(=O)(=O)C(C)C)[nH+]c(Nc3cc(C)c(C4CCN(CC(N)=O)CC4)cc3OC(C)C)nc2[nH]1. The van der Waals surface area contributed by atoms with Crippen LogP contribution >= 0.6 is 0 Å². The third-order valence-corrected chi connectivity index (χ3v) is 10.3. The molecule has 0 atom stereocenters. The van der Waals surface area contributed by atoms with E-state index in [4.69, 9.17) is 15.5 Å². The van der Waals surface area contributed by atoms with E-state index in [1.807, 2.05) is 32.9 Å². The van der Waals surface area contributed by atoms with Crippen LogP contribution in [0.15, 0.2) is 47.4 Å². The van der Waals surface area contributed by atoms with Crippen molar-refractivity contribution in [3.05, 3.63) is 59.3 Å². The number of carbonyl (C=O) groups excluding carboxylic acids is 1. The van der Waals surface area contributed by atoms with Gasteiger partial charge >= 0.3 is 5.95 Å². The summed E-state index contributed by atoms with van der Waals surface area (Å²) in [6.45, 7) is 13.3. The Morgan fingerprint density at radius 2 is 1.80 bits per heavy atom. The van der Waals surface area contributed by atoms with Crippen LogP contribution in [0.5, 0.6) is 5.75 Å². The molecule has 1 fully saturated rings.